The molecule has 0 unspecified atom stereocenters. The SMILES string of the molecule is CS(=O)(=O)Nc1ccc(Cl)cc1C(=O)N1CCCC=C1c1cc2nc(Cl)cc(N3CCN[C@@H](C(F)F)C3)n2n1. The van der Waals surface area contributed by atoms with E-state index in [1.54, 1.807) is 17.0 Å². The van der Waals surface area contributed by atoms with Gasteiger partial charge < -0.3 is 15.1 Å². The lowest BCUT2D eigenvalue weighted by Crippen LogP contribution is -2.54. The van der Waals surface area contributed by atoms with Crippen LogP contribution in [0.3, 0.4) is 0 Å². The van der Waals surface area contributed by atoms with Gasteiger partial charge in [0.2, 0.25) is 10.0 Å². The number of sulfonamides is 1. The van der Waals surface area contributed by atoms with Crippen LogP contribution in [0.4, 0.5) is 20.3 Å². The molecule has 0 aliphatic carbocycles. The van der Waals surface area contributed by atoms with Gasteiger partial charge in [-0.05, 0) is 31.0 Å². The van der Waals surface area contributed by atoms with Crippen molar-refractivity contribution in [1.29, 1.82) is 0 Å². The molecule has 1 amide bonds. The van der Waals surface area contributed by atoms with Crippen LogP contribution in [0.15, 0.2) is 36.4 Å². The maximum absolute atomic E-state index is 13.8. The molecule has 1 fully saturated rings. The number of carbonyl (C=O) groups is 1. The first-order valence-electron chi connectivity index (χ1n) is 12.1. The standard InChI is InChI=1S/C24H25Cl2F2N7O3S/c1-39(37,38)32-16-6-5-14(25)10-15(16)24(36)34-8-3-2-4-19(34)17-11-21-30-20(26)12-22(35(21)31-17)33-9-7-29-18(13-33)23(27)28/h4-6,10-12,18,23,29,32H,2-3,7-9,13H2,1H3/t18-/m1/s1. The molecule has 1 aromatic carbocycles. The highest BCUT2D eigenvalue weighted by atomic mass is 35.5. The van der Waals surface area contributed by atoms with Gasteiger partial charge in [-0.3, -0.25) is 9.52 Å². The van der Waals surface area contributed by atoms with Crippen molar-refractivity contribution in [1.82, 2.24) is 24.8 Å². The van der Waals surface area contributed by atoms with E-state index in [2.05, 4.69) is 15.0 Å². The second-order valence-electron chi connectivity index (χ2n) is 9.33. The minimum atomic E-state index is -3.66. The number of anilines is 2. The fourth-order valence-corrected chi connectivity index (χ4v) is 5.67. The number of piperazine rings is 1. The first-order valence-corrected chi connectivity index (χ1v) is 14.8. The molecule has 0 bridgehead atoms. The number of alkyl halides is 2. The molecule has 3 aromatic rings. The predicted octanol–water partition coefficient (Wildman–Crippen LogP) is 3.73. The van der Waals surface area contributed by atoms with Crippen LogP contribution < -0.4 is 14.9 Å². The molecule has 39 heavy (non-hydrogen) atoms. The van der Waals surface area contributed by atoms with Crippen molar-refractivity contribution in [2.24, 2.45) is 0 Å². The van der Waals surface area contributed by atoms with Gasteiger partial charge in [0.1, 0.15) is 16.7 Å². The highest BCUT2D eigenvalue weighted by Crippen LogP contribution is 2.31. The van der Waals surface area contributed by atoms with E-state index in [0.29, 0.717) is 55.3 Å². The number of fused-ring (bicyclic) bond motifs is 1. The van der Waals surface area contributed by atoms with Crippen LogP contribution in [-0.4, -0.2) is 78.7 Å². The second-order valence-corrected chi connectivity index (χ2v) is 11.9. The number of nitrogens with zero attached hydrogens (tertiary/aromatic N) is 5. The average molecular weight is 600 g/mol. The highest BCUT2D eigenvalue weighted by molar-refractivity contribution is 7.92. The van der Waals surface area contributed by atoms with E-state index in [-0.39, 0.29) is 28.0 Å². The average Bonchev–Trinajstić information content (AvgIpc) is 3.32. The zero-order valence-corrected chi connectivity index (χ0v) is 23.1. The molecule has 2 aliphatic rings. The van der Waals surface area contributed by atoms with Crippen molar-refractivity contribution in [2.45, 2.75) is 25.3 Å². The van der Waals surface area contributed by atoms with Crippen LogP contribution in [0.1, 0.15) is 28.9 Å². The molecule has 5 rings (SSSR count). The molecule has 4 heterocycles. The Morgan fingerprint density at radius 1 is 1.21 bits per heavy atom. The van der Waals surface area contributed by atoms with Crippen molar-refractivity contribution in [3.8, 4) is 0 Å². The molecule has 2 aromatic heterocycles. The number of rotatable bonds is 6. The lowest BCUT2D eigenvalue weighted by Gasteiger charge is -2.34. The third-order valence-corrected chi connectivity index (χ3v) is 7.46. The third-order valence-electron chi connectivity index (χ3n) is 6.44. The Morgan fingerprint density at radius 3 is 2.74 bits per heavy atom. The number of nitrogens with one attached hydrogen (secondary N) is 2. The second kappa shape index (κ2) is 10.9. The maximum Gasteiger partial charge on any atom is 0.260 e. The lowest BCUT2D eigenvalue weighted by atomic mass is 10.1. The van der Waals surface area contributed by atoms with E-state index in [0.717, 1.165) is 6.26 Å². The van der Waals surface area contributed by atoms with Crippen molar-refractivity contribution >= 4 is 62.0 Å². The highest BCUT2D eigenvalue weighted by Gasteiger charge is 2.30. The number of hydrogen-bond donors (Lipinski definition) is 2. The van der Waals surface area contributed by atoms with Crippen LogP contribution in [0, 0.1) is 0 Å². The summed E-state index contributed by atoms with van der Waals surface area (Å²) in [5.74, 6) is 0.0481. The summed E-state index contributed by atoms with van der Waals surface area (Å²) < 4.78 is 54.5. The largest absolute Gasteiger partial charge is 0.353 e. The minimum Gasteiger partial charge on any atom is -0.353 e. The van der Waals surface area contributed by atoms with Gasteiger partial charge in [0.15, 0.2) is 5.65 Å². The van der Waals surface area contributed by atoms with Gasteiger partial charge in [0.05, 0.1) is 29.2 Å². The number of allylic oxidation sites excluding steroid dienone is 1. The molecule has 0 saturated carbocycles. The number of hydrogen-bond acceptors (Lipinski definition) is 7. The Kier molecular flexibility index (Phi) is 7.68. The number of aromatic nitrogens is 3. The molecular weight excluding hydrogens is 575 g/mol. The minimum absolute atomic E-state index is 0.0560. The topological polar surface area (TPSA) is 112 Å². The van der Waals surface area contributed by atoms with Crippen LogP contribution in [0.2, 0.25) is 10.2 Å². The van der Waals surface area contributed by atoms with Crippen LogP contribution in [-0.2, 0) is 10.0 Å². The number of amides is 1. The van der Waals surface area contributed by atoms with Gasteiger partial charge in [-0.25, -0.2) is 22.2 Å². The predicted molar refractivity (Wildman–Crippen MR) is 146 cm³/mol. The monoisotopic (exact) mass is 599 g/mol. The Morgan fingerprint density at radius 2 is 2.00 bits per heavy atom. The van der Waals surface area contributed by atoms with Crippen molar-refractivity contribution in [2.75, 3.05) is 42.1 Å². The van der Waals surface area contributed by atoms with E-state index in [1.165, 1.54) is 27.6 Å². The van der Waals surface area contributed by atoms with E-state index in [9.17, 15) is 22.0 Å². The fourth-order valence-electron chi connectivity index (χ4n) is 4.73. The van der Waals surface area contributed by atoms with Crippen molar-refractivity contribution in [3.63, 3.8) is 0 Å². The summed E-state index contributed by atoms with van der Waals surface area (Å²) in [5, 5.41) is 7.96. The van der Waals surface area contributed by atoms with E-state index in [1.807, 2.05) is 6.08 Å². The summed E-state index contributed by atoms with van der Waals surface area (Å²) in [7, 11) is -3.66. The van der Waals surface area contributed by atoms with Gasteiger partial charge in [0, 0.05) is 43.3 Å². The Hall–Kier alpha value is -3.00. The molecule has 15 heteroatoms. The molecule has 0 radical (unpaired) electrons. The summed E-state index contributed by atoms with van der Waals surface area (Å²) in [6.07, 6.45) is 1.70. The first-order chi connectivity index (χ1) is 18.5. The fraction of sp³-hybridized carbons (Fsp3) is 0.375. The van der Waals surface area contributed by atoms with Crippen LogP contribution >= 0.6 is 23.2 Å². The molecule has 208 valence electrons. The molecule has 1 atom stereocenters. The zero-order chi connectivity index (χ0) is 27.9. The molecule has 10 nitrogen and oxygen atoms in total. The summed E-state index contributed by atoms with van der Waals surface area (Å²) in [6, 6.07) is 6.59. The quantitative estimate of drug-likeness (QED) is 0.415. The Balaban J connectivity index is 1.53. The zero-order valence-electron chi connectivity index (χ0n) is 20.7. The number of benzene rings is 1. The summed E-state index contributed by atoms with van der Waals surface area (Å²) in [5.41, 5.74) is 1.52. The summed E-state index contributed by atoms with van der Waals surface area (Å²) in [4.78, 5) is 21.4. The van der Waals surface area contributed by atoms with E-state index >= 15 is 0 Å². The van der Waals surface area contributed by atoms with Gasteiger partial charge in [-0.2, -0.15) is 9.61 Å². The molecule has 0 spiro atoms. The smallest absolute Gasteiger partial charge is 0.260 e. The van der Waals surface area contributed by atoms with Gasteiger partial charge in [0.25, 0.3) is 12.3 Å². The van der Waals surface area contributed by atoms with Gasteiger partial charge in [-0.15, -0.1) is 0 Å². The van der Waals surface area contributed by atoms with Crippen LogP contribution in [0.5, 0.6) is 0 Å². The van der Waals surface area contributed by atoms with E-state index < -0.39 is 28.4 Å². The van der Waals surface area contributed by atoms with Crippen LogP contribution in [0.25, 0.3) is 11.3 Å². The Labute approximate surface area is 233 Å². The molecular formula is C24H25Cl2F2N7O3S. The molecule has 2 aliphatic heterocycles. The van der Waals surface area contributed by atoms with E-state index in [4.69, 9.17) is 28.3 Å². The maximum atomic E-state index is 13.8. The third kappa shape index (κ3) is 5.96. The van der Waals surface area contributed by atoms with Crippen molar-refractivity contribution < 1.29 is 22.0 Å². The Bertz CT molecular complexity index is 1560. The summed E-state index contributed by atoms with van der Waals surface area (Å²) in [6.45, 7) is 1.24. The number of carbonyl (C=O) groups excluding carboxylic acids is 1. The summed E-state index contributed by atoms with van der Waals surface area (Å²) >= 11 is 12.4. The normalized spacial score (nSPS) is 18.5. The van der Waals surface area contributed by atoms with Crippen molar-refractivity contribution in [3.05, 3.63) is 57.8 Å². The molecule has 1 saturated heterocycles. The number of halogens is 4. The first kappa shape index (κ1) is 27.6. The van der Waals surface area contributed by atoms with Gasteiger partial charge >= 0.3 is 0 Å². The van der Waals surface area contributed by atoms with Gasteiger partial charge in [-0.1, -0.05) is 29.3 Å². The lowest BCUT2D eigenvalue weighted by molar-refractivity contribution is 0.0830. The molecule has 2 N–H and O–H groups in total.